The summed E-state index contributed by atoms with van der Waals surface area (Å²) in [6.07, 6.45) is 0. The van der Waals surface area contributed by atoms with Gasteiger partial charge in [0.2, 0.25) is 0 Å². The zero-order chi connectivity index (χ0) is 12.2. The van der Waals surface area contributed by atoms with E-state index in [9.17, 15) is 0 Å². The molecule has 1 aromatic heterocycles. The molecule has 0 aliphatic carbocycles. The lowest BCUT2D eigenvalue weighted by Gasteiger charge is -2.01. The first kappa shape index (κ1) is 14.2. The molecule has 0 saturated carbocycles. The van der Waals surface area contributed by atoms with Crippen LogP contribution >= 0.6 is 7.82 Å². The molecular weight excluding hydrogens is 219 g/mol. The third-order valence-corrected chi connectivity index (χ3v) is 1.72. The van der Waals surface area contributed by atoms with Gasteiger partial charge in [-0.2, -0.15) is 0 Å². The van der Waals surface area contributed by atoms with Crippen LogP contribution in [-0.2, 0) is 4.57 Å². The highest BCUT2D eigenvalue weighted by molar-refractivity contribution is 7.45. The van der Waals surface area contributed by atoms with Crippen LogP contribution in [0.25, 0.3) is 0 Å². The van der Waals surface area contributed by atoms with Crippen molar-refractivity contribution in [1.29, 1.82) is 0 Å². The smallest absolute Gasteiger partial charge is 0.303 e. The van der Waals surface area contributed by atoms with Crippen molar-refractivity contribution in [3.05, 3.63) is 22.8 Å². The zero-order valence-electron chi connectivity index (χ0n) is 9.09. The lowest BCUT2D eigenvalue weighted by Crippen LogP contribution is -1.97. The van der Waals surface area contributed by atoms with E-state index in [1.165, 1.54) is 0 Å². The van der Waals surface area contributed by atoms with Crippen molar-refractivity contribution in [1.82, 2.24) is 9.97 Å². The molecular formula is C8H15N2O4P. The van der Waals surface area contributed by atoms with Crippen LogP contribution in [0.1, 0.15) is 22.8 Å². The maximum absolute atomic E-state index is 8.88. The van der Waals surface area contributed by atoms with Crippen molar-refractivity contribution >= 4 is 7.82 Å². The Hall–Kier alpha value is -0.810. The molecule has 15 heavy (non-hydrogen) atoms. The second kappa shape index (κ2) is 5.32. The van der Waals surface area contributed by atoms with E-state index in [1.54, 1.807) is 0 Å². The Kier molecular flexibility index (Phi) is 5.03. The number of hydrogen-bond donors (Lipinski definition) is 3. The van der Waals surface area contributed by atoms with Gasteiger partial charge in [-0.3, -0.25) is 9.97 Å². The molecule has 0 amide bonds. The molecule has 1 rings (SSSR count). The van der Waals surface area contributed by atoms with Gasteiger partial charge >= 0.3 is 7.82 Å². The Morgan fingerprint density at radius 2 is 0.933 bits per heavy atom. The van der Waals surface area contributed by atoms with Crippen molar-refractivity contribution < 1.29 is 19.2 Å². The molecule has 86 valence electrons. The second-order valence-corrected chi connectivity index (χ2v) is 4.11. The first-order valence-corrected chi connectivity index (χ1v) is 5.74. The first-order valence-electron chi connectivity index (χ1n) is 4.18. The number of nitrogens with zero attached hydrogens (tertiary/aromatic N) is 2. The minimum atomic E-state index is -4.64. The van der Waals surface area contributed by atoms with Crippen LogP contribution in [0.15, 0.2) is 0 Å². The monoisotopic (exact) mass is 234 g/mol. The van der Waals surface area contributed by atoms with Crippen molar-refractivity contribution in [3.8, 4) is 0 Å². The Labute approximate surface area is 88.3 Å². The maximum Gasteiger partial charge on any atom is 0.466 e. The molecule has 0 spiro atoms. The van der Waals surface area contributed by atoms with Crippen molar-refractivity contribution in [2.24, 2.45) is 0 Å². The van der Waals surface area contributed by atoms with Crippen LogP contribution in [0.2, 0.25) is 0 Å². The third-order valence-electron chi connectivity index (χ3n) is 1.72. The van der Waals surface area contributed by atoms with E-state index < -0.39 is 7.82 Å². The van der Waals surface area contributed by atoms with E-state index in [1.807, 2.05) is 27.7 Å². The fourth-order valence-corrected chi connectivity index (χ4v) is 0.827. The summed E-state index contributed by atoms with van der Waals surface area (Å²) in [6.45, 7) is 7.92. The lowest BCUT2D eigenvalue weighted by atomic mass is 10.3. The van der Waals surface area contributed by atoms with Gasteiger partial charge in [0.15, 0.2) is 0 Å². The van der Waals surface area contributed by atoms with Crippen molar-refractivity contribution in [2.75, 3.05) is 0 Å². The Balaban J connectivity index is 0.000000336. The fourth-order valence-electron chi connectivity index (χ4n) is 0.827. The molecule has 0 bridgehead atoms. The minimum absolute atomic E-state index is 1.03. The van der Waals surface area contributed by atoms with Crippen molar-refractivity contribution in [3.63, 3.8) is 0 Å². The van der Waals surface area contributed by atoms with Crippen LogP contribution in [0.5, 0.6) is 0 Å². The number of rotatable bonds is 0. The van der Waals surface area contributed by atoms with E-state index >= 15 is 0 Å². The van der Waals surface area contributed by atoms with Crippen molar-refractivity contribution in [2.45, 2.75) is 27.7 Å². The summed E-state index contributed by atoms with van der Waals surface area (Å²) in [4.78, 5) is 30.2. The Morgan fingerprint density at radius 3 is 1.07 bits per heavy atom. The van der Waals surface area contributed by atoms with Gasteiger partial charge in [-0.1, -0.05) is 0 Å². The van der Waals surface area contributed by atoms with Gasteiger partial charge in [0, 0.05) is 0 Å². The highest BCUT2D eigenvalue weighted by Crippen LogP contribution is 2.25. The van der Waals surface area contributed by atoms with Crippen LogP contribution in [0, 0.1) is 27.7 Å². The first-order chi connectivity index (χ1) is 6.61. The predicted molar refractivity (Wildman–Crippen MR) is 55.2 cm³/mol. The molecule has 0 radical (unpaired) electrons. The van der Waals surface area contributed by atoms with E-state index in [2.05, 4.69) is 9.97 Å². The summed E-state index contributed by atoms with van der Waals surface area (Å²) in [6, 6.07) is 0. The molecule has 0 saturated heterocycles. The standard InChI is InChI=1S/C8H12N2.H3O4P/c1-5-6(2)10-8(4)7(3)9-5;1-5(2,3)4/h1-4H3;(H3,1,2,3,4). The summed E-state index contributed by atoms with van der Waals surface area (Å²) in [5.74, 6) is 0. The highest BCUT2D eigenvalue weighted by atomic mass is 31.2. The molecule has 6 nitrogen and oxygen atoms in total. The number of hydrogen-bond acceptors (Lipinski definition) is 3. The Morgan fingerprint density at radius 1 is 0.800 bits per heavy atom. The van der Waals surface area contributed by atoms with Crippen LogP contribution in [0.4, 0.5) is 0 Å². The SMILES string of the molecule is Cc1nc(C)c(C)nc1C.O=P(O)(O)O. The molecule has 0 aliphatic rings. The zero-order valence-corrected chi connectivity index (χ0v) is 9.99. The number of aromatic nitrogens is 2. The van der Waals surface area contributed by atoms with Crippen LogP contribution < -0.4 is 0 Å². The molecule has 0 aliphatic heterocycles. The minimum Gasteiger partial charge on any atom is -0.303 e. The molecule has 0 atom stereocenters. The third kappa shape index (κ3) is 7.16. The molecule has 1 heterocycles. The largest absolute Gasteiger partial charge is 0.466 e. The van der Waals surface area contributed by atoms with Crippen LogP contribution in [0.3, 0.4) is 0 Å². The summed E-state index contributed by atoms with van der Waals surface area (Å²) in [7, 11) is -4.64. The van der Waals surface area contributed by atoms with E-state index in [0.717, 1.165) is 22.8 Å². The summed E-state index contributed by atoms with van der Waals surface area (Å²) < 4.78 is 8.88. The van der Waals surface area contributed by atoms with Gasteiger partial charge in [0.25, 0.3) is 0 Å². The van der Waals surface area contributed by atoms with Gasteiger partial charge in [-0.05, 0) is 27.7 Å². The average molecular weight is 234 g/mol. The van der Waals surface area contributed by atoms with Gasteiger partial charge in [-0.15, -0.1) is 0 Å². The van der Waals surface area contributed by atoms with Gasteiger partial charge in [-0.25, -0.2) is 4.57 Å². The second-order valence-electron chi connectivity index (χ2n) is 3.08. The van der Waals surface area contributed by atoms with Gasteiger partial charge in [0.1, 0.15) is 0 Å². The van der Waals surface area contributed by atoms with E-state index in [-0.39, 0.29) is 0 Å². The highest BCUT2D eigenvalue weighted by Gasteiger charge is 2.00. The van der Waals surface area contributed by atoms with Gasteiger partial charge in [0.05, 0.1) is 22.8 Å². The lowest BCUT2D eigenvalue weighted by molar-refractivity contribution is 0.275. The quantitative estimate of drug-likeness (QED) is 0.573. The Bertz CT molecular complexity index is 330. The molecule has 7 heteroatoms. The number of phosphoric acid groups is 1. The van der Waals surface area contributed by atoms with E-state index in [4.69, 9.17) is 19.2 Å². The summed E-state index contributed by atoms with van der Waals surface area (Å²) in [5.41, 5.74) is 4.12. The van der Waals surface area contributed by atoms with Crippen LogP contribution in [-0.4, -0.2) is 24.6 Å². The predicted octanol–water partition coefficient (Wildman–Crippen LogP) is 0.782. The molecule has 0 unspecified atom stereocenters. The summed E-state index contributed by atoms with van der Waals surface area (Å²) in [5, 5.41) is 0. The average Bonchev–Trinajstić information content (AvgIpc) is 1.98. The fraction of sp³-hybridized carbons (Fsp3) is 0.500. The normalized spacial score (nSPS) is 10.6. The molecule has 0 aromatic carbocycles. The maximum atomic E-state index is 8.88. The van der Waals surface area contributed by atoms with Gasteiger partial charge < -0.3 is 14.7 Å². The van der Waals surface area contributed by atoms with E-state index in [0.29, 0.717) is 0 Å². The molecule has 0 fully saturated rings. The topological polar surface area (TPSA) is 104 Å². The molecule has 1 aromatic rings. The summed E-state index contributed by atoms with van der Waals surface area (Å²) >= 11 is 0. The molecule has 3 N–H and O–H groups in total. The number of aryl methyl sites for hydroxylation is 4.